The number of hydrogen-bond donors (Lipinski definition) is 2. The second-order valence-corrected chi connectivity index (χ2v) is 5.14. The fourth-order valence-electron chi connectivity index (χ4n) is 2.15. The molecule has 0 bridgehead atoms. The molecule has 0 aliphatic carbocycles. The summed E-state index contributed by atoms with van der Waals surface area (Å²) < 4.78 is 21.1. The Morgan fingerprint density at radius 3 is 2.04 bits per heavy atom. The van der Waals surface area contributed by atoms with Gasteiger partial charge in [0.1, 0.15) is 5.75 Å². The van der Waals surface area contributed by atoms with E-state index in [-0.39, 0.29) is 11.5 Å². The van der Waals surface area contributed by atoms with Gasteiger partial charge in [0, 0.05) is 0 Å². The van der Waals surface area contributed by atoms with Gasteiger partial charge in [-0.15, -0.1) is 5.10 Å². The van der Waals surface area contributed by atoms with Crippen molar-refractivity contribution in [3.8, 4) is 23.0 Å². The lowest BCUT2D eigenvalue weighted by molar-refractivity contribution is 0.0734. The van der Waals surface area contributed by atoms with Gasteiger partial charge in [0.25, 0.3) is 0 Å². The Labute approximate surface area is 156 Å². The normalized spacial score (nSPS) is 10.3. The summed E-state index contributed by atoms with van der Waals surface area (Å²) >= 11 is 0. The summed E-state index contributed by atoms with van der Waals surface area (Å²) in [5, 5.41) is 7.20. The molecule has 9 nitrogen and oxygen atoms in total. The van der Waals surface area contributed by atoms with Gasteiger partial charge in [-0.2, -0.15) is 5.10 Å². The van der Waals surface area contributed by atoms with E-state index in [9.17, 15) is 4.79 Å². The van der Waals surface area contributed by atoms with E-state index in [1.807, 2.05) is 0 Å². The second kappa shape index (κ2) is 9.09. The number of esters is 1. The van der Waals surface area contributed by atoms with Crippen LogP contribution in [0.25, 0.3) is 0 Å². The number of carbonyl (C=O) groups excluding carboxylic acids is 1. The van der Waals surface area contributed by atoms with E-state index >= 15 is 0 Å². The van der Waals surface area contributed by atoms with Gasteiger partial charge in [-0.1, -0.05) is 0 Å². The zero-order valence-electron chi connectivity index (χ0n) is 15.1. The number of methoxy groups -OCH3 is 3. The molecule has 0 radical (unpaired) electrons. The van der Waals surface area contributed by atoms with Crippen LogP contribution in [0.4, 0.5) is 0 Å². The van der Waals surface area contributed by atoms with Crippen molar-refractivity contribution in [1.29, 1.82) is 0 Å². The Morgan fingerprint density at radius 2 is 1.56 bits per heavy atom. The van der Waals surface area contributed by atoms with Gasteiger partial charge < -0.3 is 30.4 Å². The van der Waals surface area contributed by atoms with Crippen LogP contribution in [0.3, 0.4) is 0 Å². The maximum absolute atomic E-state index is 12.4. The summed E-state index contributed by atoms with van der Waals surface area (Å²) in [5.41, 5.74) is 11.3. The Balaban J connectivity index is 2.17. The minimum absolute atomic E-state index is 0.137. The predicted octanol–water partition coefficient (Wildman–Crippen LogP) is 1.54. The van der Waals surface area contributed by atoms with E-state index < -0.39 is 5.97 Å². The average molecular weight is 372 g/mol. The number of carbonyl (C=O) groups is 1. The molecule has 0 aromatic heterocycles. The number of ether oxygens (including phenoxy) is 4. The largest absolute Gasteiger partial charge is 0.493 e. The van der Waals surface area contributed by atoms with Crippen molar-refractivity contribution in [2.75, 3.05) is 21.3 Å². The molecule has 9 heteroatoms. The van der Waals surface area contributed by atoms with Gasteiger partial charge in [0.05, 0.1) is 33.1 Å². The summed E-state index contributed by atoms with van der Waals surface area (Å²) in [4.78, 5) is 12.4. The van der Waals surface area contributed by atoms with E-state index in [1.165, 1.54) is 39.7 Å². The smallest absolute Gasteiger partial charge is 0.343 e. The van der Waals surface area contributed by atoms with E-state index in [2.05, 4.69) is 10.2 Å². The van der Waals surface area contributed by atoms with E-state index in [1.54, 1.807) is 24.3 Å². The number of guanidine groups is 1. The molecule has 0 atom stereocenters. The number of nitrogens with zero attached hydrogens (tertiary/aromatic N) is 2. The molecule has 142 valence electrons. The highest BCUT2D eigenvalue weighted by Gasteiger charge is 2.18. The summed E-state index contributed by atoms with van der Waals surface area (Å²) in [7, 11) is 4.42. The predicted molar refractivity (Wildman–Crippen MR) is 101 cm³/mol. The first-order chi connectivity index (χ1) is 13.0. The first kappa shape index (κ1) is 19.6. The first-order valence-corrected chi connectivity index (χ1v) is 7.72. The van der Waals surface area contributed by atoms with Gasteiger partial charge in [-0.25, -0.2) is 4.79 Å². The minimum Gasteiger partial charge on any atom is -0.493 e. The van der Waals surface area contributed by atoms with E-state index in [0.29, 0.717) is 23.0 Å². The summed E-state index contributed by atoms with van der Waals surface area (Å²) in [6.45, 7) is 0. The number of nitrogens with two attached hydrogens (primary N) is 2. The highest BCUT2D eigenvalue weighted by atomic mass is 16.5. The van der Waals surface area contributed by atoms with Crippen LogP contribution < -0.4 is 30.4 Å². The molecule has 0 unspecified atom stereocenters. The topological polar surface area (TPSA) is 131 Å². The van der Waals surface area contributed by atoms with Gasteiger partial charge in [0.15, 0.2) is 11.5 Å². The summed E-state index contributed by atoms with van der Waals surface area (Å²) in [6, 6.07) is 9.66. The lowest BCUT2D eigenvalue weighted by atomic mass is 10.2. The van der Waals surface area contributed by atoms with Crippen LogP contribution in [0.15, 0.2) is 46.6 Å². The van der Waals surface area contributed by atoms with Crippen molar-refractivity contribution in [2.45, 2.75) is 0 Å². The number of hydrogen-bond acceptors (Lipinski definition) is 7. The molecule has 2 rings (SSSR count). The number of rotatable bonds is 7. The maximum atomic E-state index is 12.4. The van der Waals surface area contributed by atoms with Crippen molar-refractivity contribution in [1.82, 2.24) is 0 Å². The molecule has 0 aliphatic heterocycles. The van der Waals surface area contributed by atoms with Gasteiger partial charge in [0.2, 0.25) is 11.7 Å². The van der Waals surface area contributed by atoms with E-state index in [0.717, 1.165) is 5.56 Å². The highest BCUT2D eigenvalue weighted by molar-refractivity contribution is 5.93. The monoisotopic (exact) mass is 372 g/mol. The molecule has 0 aliphatic rings. The molecule has 2 aromatic rings. The van der Waals surface area contributed by atoms with Crippen LogP contribution in [-0.2, 0) is 0 Å². The summed E-state index contributed by atoms with van der Waals surface area (Å²) in [6.07, 6.45) is 1.46. The van der Waals surface area contributed by atoms with Crippen molar-refractivity contribution < 1.29 is 23.7 Å². The quantitative estimate of drug-likeness (QED) is 0.248. The third-order valence-corrected chi connectivity index (χ3v) is 3.37. The standard InChI is InChI=1S/C18H20N4O5/c1-24-14-8-12(9-15(25-2)16(14)26-3)17(23)27-13-6-4-11(5-7-13)10-21-22-18(19)20/h4-10H,1-3H3,(H4,19,20,22)/b21-10+. The van der Waals surface area contributed by atoms with Crippen LogP contribution >= 0.6 is 0 Å². The van der Waals surface area contributed by atoms with E-state index in [4.69, 9.17) is 30.4 Å². The second-order valence-electron chi connectivity index (χ2n) is 5.14. The molecular formula is C18H20N4O5. The van der Waals surface area contributed by atoms with Crippen molar-refractivity contribution in [3.63, 3.8) is 0 Å². The van der Waals surface area contributed by atoms with Gasteiger partial charge >= 0.3 is 5.97 Å². The zero-order chi connectivity index (χ0) is 19.8. The van der Waals surface area contributed by atoms with Crippen LogP contribution in [0.2, 0.25) is 0 Å². The molecule has 0 heterocycles. The lowest BCUT2D eigenvalue weighted by Crippen LogP contribution is -2.21. The van der Waals surface area contributed by atoms with Crippen LogP contribution in [-0.4, -0.2) is 39.5 Å². The summed E-state index contributed by atoms with van der Waals surface area (Å²) in [5.74, 6) is 0.747. The van der Waals surface area contributed by atoms with Crippen LogP contribution in [0, 0.1) is 0 Å². The maximum Gasteiger partial charge on any atom is 0.343 e. The highest BCUT2D eigenvalue weighted by Crippen LogP contribution is 2.38. The van der Waals surface area contributed by atoms with Crippen LogP contribution in [0.5, 0.6) is 23.0 Å². The minimum atomic E-state index is -0.573. The molecule has 27 heavy (non-hydrogen) atoms. The molecular weight excluding hydrogens is 352 g/mol. The first-order valence-electron chi connectivity index (χ1n) is 7.72. The van der Waals surface area contributed by atoms with Crippen molar-refractivity contribution >= 4 is 18.1 Å². The third kappa shape index (κ3) is 5.11. The van der Waals surface area contributed by atoms with Crippen molar-refractivity contribution in [2.24, 2.45) is 21.7 Å². The van der Waals surface area contributed by atoms with Crippen LogP contribution in [0.1, 0.15) is 15.9 Å². The zero-order valence-corrected chi connectivity index (χ0v) is 15.1. The molecule has 4 N–H and O–H groups in total. The Morgan fingerprint density at radius 1 is 0.963 bits per heavy atom. The Kier molecular flexibility index (Phi) is 6.59. The Bertz CT molecular complexity index is 834. The fourth-order valence-corrected chi connectivity index (χ4v) is 2.15. The molecule has 0 spiro atoms. The molecule has 0 saturated heterocycles. The van der Waals surface area contributed by atoms with Gasteiger partial charge in [-0.3, -0.25) is 0 Å². The molecule has 0 saturated carbocycles. The Hall–Kier alpha value is -3.75. The van der Waals surface area contributed by atoms with Crippen molar-refractivity contribution in [3.05, 3.63) is 47.5 Å². The molecule has 2 aromatic carbocycles. The lowest BCUT2D eigenvalue weighted by Gasteiger charge is -2.13. The average Bonchev–Trinajstić information content (AvgIpc) is 2.67. The SMILES string of the molecule is COc1cc(C(=O)Oc2ccc(/C=N/N=C(N)N)cc2)cc(OC)c1OC. The third-order valence-electron chi connectivity index (χ3n) is 3.37. The fraction of sp³-hybridized carbons (Fsp3) is 0.167. The van der Waals surface area contributed by atoms with Gasteiger partial charge in [-0.05, 0) is 42.0 Å². The number of benzene rings is 2. The molecule has 0 amide bonds. The molecule has 0 fully saturated rings.